The molecule has 0 bridgehead atoms. The van der Waals surface area contributed by atoms with Crippen LogP contribution in [0.15, 0.2) is 84.9 Å². The zero-order valence-corrected chi connectivity index (χ0v) is 19.4. The average molecular weight is 429 g/mol. The minimum absolute atomic E-state index is 0.917. The van der Waals surface area contributed by atoms with E-state index in [9.17, 15) is 0 Å². The molecule has 166 valence electrons. The van der Waals surface area contributed by atoms with E-state index in [0.717, 1.165) is 17.2 Å². The van der Waals surface area contributed by atoms with Crippen LogP contribution in [0.2, 0.25) is 0 Å². The van der Waals surface area contributed by atoms with Crippen molar-refractivity contribution in [3.8, 4) is 17.2 Å². The van der Waals surface area contributed by atoms with Crippen molar-refractivity contribution >= 4 is 10.8 Å². The van der Waals surface area contributed by atoms with E-state index in [-0.39, 0.29) is 0 Å². The van der Waals surface area contributed by atoms with Gasteiger partial charge in [-0.2, -0.15) is 0 Å². The summed E-state index contributed by atoms with van der Waals surface area (Å²) in [6.07, 6.45) is 3.79. The maximum atomic E-state index is 5.23. The average Bonchev–Trinajstić information content (AvgIpc) is 3.33. The lowest BCUT2D eigenvalue weighted by Crippen LogP contribution is -1.86. The predicted molar refractivity (Wildman–Crippen MR) is 133 cm³/mol. The fourth-order valence-corrected chi connectivity index (χ4v) is 3.72. The highest BCUT2D eigenvalue weighted by Gasteiger charge is 2.10. The second kappa shape index (κ2) is 11.8. The summed E-state index contributed by atoms with van der Waals surface area (Å²) in [6, 6.07) is 28.6. The summed E-state index contributed by atoms with van der Waals surface area (Å²) in [5, 5.41) is 2.39. The number of rotatable bonds is 3. The SMILES string of the molecule is COc1ccc(C)cc1.COc1ccc2c(c1)CCC2.COc1cccc2ccccc12. The summed E-state index contributed by atoms with van der Waals surface area (Å²) in [7, 11) is 5.09. The molecule has 5 rings (SSSR count). The van der Waals surface area contributed by atoms with Crippen LogP contribution < -0.4 is 14.2 Å². The smallest absolute Gasteiger partial charge is 0.126 e. The van der Waals surface area contributed by atoms with Crippen LogP contribution in [0.5, 0.6) is 17.2 Å². The van der Waals surface area contributed by atoms with Gasteiger partial charge in [-0.05, 0) is 73.0 Å². The molecular formula is C29H32O3. The Hall–Kier alpha value is -3.46. The number of ether oxygens (including phenoxy) is 3. The molecule has 1 aliphatic rings. The Morgan fingerprint density at radius 1 is 0.594 bits per heavy atom. The molecule has 0 saturated carbocycles. The third-order valence-electron chi connectivity index (χ3n) is 5.53. The summed E-state index contributed by atoms with van der Waals surface area (Å²) < 4.78 is 15.3. The van der Waals surface area contributed by atoms with Crippen molar-refractivity contribution in [1.29, 1.82) is 0 Å². The summed E-state index contributed by atoms with van der Waals surface area (Å²) in [6.45, 7) is 2.06. The van der Waals surface area contributed by atoms with E-state index in [1.807, 2.05) is 54.6 Å². The van der Waals surface area contributed by atoms with Gasteiger partial charge in [0, 0.05) is 5.39 Å². The van der Waals surface area contributed by atoms with Gasteiger partial charge in [0.05, 0.1) is 21.3 Å². The molecule has 0 amide bonds. The monoisotopic (exact) mass is 428 g/mol. The van der Waals surface area contributed by atoms with Gasteiger partial charge in [-0.1, -0.05) is 60.2 Å². The number of fused-ring (bicyclic) bond motifs is 2. The van der Waals surface area contributed by atoms with Gasteiger partial charge in [0.25, 0.3) is 0 Å². The molecule has 0 N–H and O–H groups in total. The van der Waals surface area contributed by atoms with Crippen molar-refractivity contribution in [3.63, 3.8) is 0 Å². The number of benzene rings is 4. The van der Waals surface area contributed by atoms with Crippen LogP contribution in [0.4, 0.5) is 0 Å². The van der Waals surface area contributed by atoms with Gasteiger partial charge >= 0.3 is 0 Å². The molecule has 0 radical (unpaired) electrons. The lowest BCUT2D eigenvalue weighted by molar-refractivity contribution is 0.414. The van der Waals surface area contributed by atoms with Crippen LogP contribution in [0.25, 0.3) is 10.8 Å². The van der Waals surface area contributed by atoms with Crippen LogP contribution in [-0.2, 0) is 12.8 Å². The number of hydrogen-bond acceptors (Lipinski definition) is 3. The Labute approximate surface area is 191 Å². The Morgan fingerprint density at radius 3 is 1.97 bits per heavy atom. The highest BCUT2D eigenvalue weighted by Crippen LogP contribution is 2.26. The molecule has 3 nitrogen and oxygen atoms in total. The molecule has 0 atom stereocenters. The Balaban J connectivity index is 0.000000137. The minimum atomic E-state index is 0.917. The molecule has 3 heteroatoms. The predicted octanol–water partition coefficient (Wildman–Crippen LogP) is 7.04. The first kappa shape index (κ1) is 23.2. The van der Waals surface area contributed by atoms with Crippen LogP contribution in [0.3, 0.4) is 0 Å². The zero-order valence-electron chi connectivity index (χ0n) is 19.4. The van der Waals surface area contributed by atoms with Crippen molar-refractivity contribution in [1.82, 2.24) is 0 Å². The summed E-state index contributed by atoms with van der Waals surface area (Å²) >= 11 is 0. The zero-order chi connectivity index (χ0) is 22.8. The molecular weight excluding hydrogens is 396 g/mol. The molecule has 0 aromatic heterocycles. The van der Waals surface area contributed by atoms with E-state index in [2.05, 4.69) is 37.3 Å². The van der Waals surface area contributed by atoms with E-state index < -0.39 is 0 Å². The van der Waals surface area contributed by atoms with Crippen LogP contribution in [-0.4, -0.2) is 21.3 Å². The maximum Gasteiger partial charge on any atom is 0.126 e. The van der Waals surface area contributed by atoms with Gasteiger partial charge < -0.3 is 14.2 Å². The Kier molecular flexibility index (Phi) is 8.56. The minimum Gasteiger partial charge on any atom is -0.497 e. The Morgan fingerprint density at radius 2 is 1.25 bits per heavy atom. The van der Waals surface area contributed by atoms with Crippen molar-refractivity contribution < 1.29 is 14.2 Å². The first-order valence-electron chi connectivity index (χ1n) is 10.9. The number of hydrogen-bond donors (Lipinski definition) is 0. The fourth-order valence-electron chi connectivity index (χ4n) is 3.72. The van der Waals surface area contributed by atoms with Crippen molar-refractivity contribution in [3.05, 3.63) is 102 Å². The van der Waals surface area contributed by atoms with E-state index in [1.54, 1.807) is 21.3 Å². The highest BCUT2D eigenvalue weighted by molar-refractivity contribution is 5.88. The lowest BCUT2D eigenvalue weighted by atomic mass is 10.1. The number of aryl methyl sites for hydroxylation is 3. The molecule has 1 aliphatic carbocycles. The molecule has 4 aromatic carbocycles. The molecule has 4 aromatic rings. The molecule has 0 aliphatic heterocycles. The first-order valence-corrected chi connectivity index (χ1v) is 10.9. The standard InChI is InChI=1S/C11H10O.C10H12O.C8H10O/c1-12-11-8-4-6-9-5-2-3-7-10(9)11;1-11-10-6-5-8-3-2-4-9(8)7-10;1-7-3-5-8(9-2)6-4-7/h2-8H,1H3;5-7H,2-4H2,1H3;3-6H,1-2H3. The van der Waals surface area contributed by atoms with Crippen molar-refractivity contribution in [2.75, 3.05) is 21.3 Å². The summed E-state index contributed by atoms with van der Waals surface area (Å²) in [5.41, 5.74) is 4.24. The molecule has 0 fully saturated rings. The fraction of sp³-hybridized carbons (Fsp3) is 0.241. The van der Waals surface area contributed by atoms with E-state index >= 15 is 0 Å². The van der Waals surface area contributed by atoms with Gasteiger partial charge in [0.1, 0.15) is 17.2 Å². The van der Waals surface area contributed by atoms with Gasteiger partial charge in [-0.15, -0.1) is 0 Å². The van der Waals surface area contributed by atoms with Crippen LogP contribution in [0, 0.1) is 6.92 Å². The second-order valence-corrected chi connectivity index (χ2v) is 7.69. The highest BCUT2D eigenvalue weighted by atomic mass is 16.5. The van der Waals surface area contributed by atoms with Gasteiger partial charge in [-0.25, -0.2) is 0 Å². The van der Waals surface area contributed by atoms with Crippen molar-refractivity contribution in [2.24, 2.45) is 0 Å². The third-order valence-corrected chi connectivity index (χ3v) is 5.53. The largest absolute Gasteiger partial charge is 0.497 e. The van der Waals surface area contributed by atoms with Crippen LogP contribution >= 0.6 is 0 Å². The Bertz CT molecular complexity index is 1110. The van der Waals surface area contributed by atoms with Gasteiger partial charge in [0.2, 0.25) is 0 Å². The van der Waals surface area contributed by atoms with Crippen molar-refractivity contribution in [2.45, 2.75) is 26.2 Å². The summed E-state index contributed by atoms with van der Waals surface area (Å²) in [4.78, 5) is 0. The van der Waals surface area contributed by atoms with E-state index in [1.165, 1.54) is 46.7 Å². The molecule has 32 heavy (non-hydrogen) atoms. The van der Waals surface area contributed by atoms with Crippen LogP contribution in [0.1, 0.15) is 23.1 Å². The second-order valence-electron chi connectivity index (χ2n) is 7.69. The third kappa shape index (κ3) is 6.27. The maximum absolute atomic E-state index is 5.23. The quantitative estimate of drug-likeness (QED) is 0.350. The normalized spacial score (nSPS) is 11.4. The lowest BCUT2D eigenvalue weighted by Gasteiger charge is -2.03. The van der Waals surface area contributed by atoms with E-state index in [0.29, 0.717) is 0 Å². The molecule has 0 heterocycles. The van der Waals surface area contributed by atoms with Gasteiger partial charge in [-0.3, -0.25) is 0 Å². The number of methoxy groups -OCH3 is 3. The molecule has 0 saturated heterocycles. The topological polar surface area (TPSA) is 27.7 Å². The van der Waals surface area contributed by atoms with Gasteiger partial charge in [0.15, 0.2) is 0 Å². The van der Waals surface area contributed by atoms with E-state index in [4.69, 9.17) is 14.2 Å². The summed E-state index contributed by atoms with van der Waals surface area (Å²) in [5.74, 6) is 2.85. The molecule has 0 unspecified atom stereocenters. The molecule has 0 spiro atoms. The first-order chi connectivity index (χ1) is 15.6.